The number of carbonyl (C=O) groups is 1. The van der Waals surface area contributed by atoms with Gasteiger partial charge in [-0.2, -0.15) is 5.10 Å². The predicted octanol–water partition coefficient (Wildman–Crippen LogP) is 2.33. The first-order valence-electron chi connectivity index (χ1n) is 11.2. The lowest BCUT2D eigenvalue weighted by Gasteiger charge is -2.38. The summed E-state index contributed by atoms with van der Waals surface area (Å²) in [6, 6.07) is 0.827. The Kier molecular flexibility index (Phi) is 6.96. The van der Waals surface area contributed by atoms with E-state index < -0.39 is 0 Å². The Labute approximate surface area is 168 Å². The summed E-state index contributed by atoms with van der Waals surface area (Å²) in [5.74, 6) is 0.846. The van der Waals surface area contributed by atoms with Gasteiger partial charge in [0.1, 0.15) is 12.7 Å². The zero-order valence-corrected chi connectivity index (χ0v) is 17.0. The second-order valence-electron chi connectivity index (χ2n) is 8.76. The Morgan fingerprint density at radius 3 is 2.57 bits per heavy atom. The van der Waals surface area contributed by atoms with Crippen LogP contribution < -0.4 is 0 Å². The van der Waals surface area contributed by atoms with Gasteiger partial charge >= 0.3 is 0 Å². The predicted molar refractivity (Wildman–Crippen MR) is 107 cm³/mol. The summed E-state index contributed by atoms with van der Waals surface area (Å²) in [4.78, 5) is 21.7. The molecule has 7 heteroatoms. The number of piperidine rings is 1. The molecule has 3 heterocycles. The molecule has 4 rings (SSSR count). The second-order valence-corrected chi connectivity index (χ2v) is 8.76. The molecule has 2 aliphatic heterocycles. The van der Waals surface area contributed by atoms with Crippen molar-refractivity contribution in [1.82, 2.24) is 24.6 Å². The minimum absolute atomic E-state index is 0.217. The molecule has 1 atom stereocenters. The highest BCUT2D eigenvalue weighted by Crippen LogP contribution is 2.28. The number of hydrogen-bond acceptors (Lipinski definition) is 5. The van der Waals surface area contributed by atoms with Gasteiger partial charge in [0, 0.05) is 32.2 Å². The summed E-state index contributed by atoms with van der Waals surface area (Å²) in [7, 11) is 0. The molecule has 3 fully saturated rings. The first-order chi connectivity index (χ1) is 13.8. The molecule has 1 amide bonds. The third-order valence-corrected chi connectivity index (χ3v) is 6.79. The third-order valence-electron chi connectivity index (χ3n) is 6.79. The Morgan fingerprint density at radius 2 is 1.89 bits per heavy atom. The number of rotatable bonds is 8. The van der Waals surface area contributed by atoms with Crippen LogP contribution in [0.4, 0.5) is 0 Å². The molecule has 1 saturated carbocycles. The Morgan fingerprint density at radius 1 is 1.07 bits per heavy atom. The largest absolute Gasteiger partial charge is 0.376 e. The first-order valence-corrected chi connectivity index (χ1v) is 11.2. The number of aryl methyl sites for hydroxylation is 1. The van der Waals surface area contributed by atoms with Gasteiger partial charge in [0.15, 0.2) is 0 Å². The molecule has 1 aliphatic carbocycles. The van der Waals surface area contributed by atoms with Crippen molar-refractivity contribution in [2.45, 2.75) is 76.5 Å². The van der Waals surface area contributed by atoms with E-state index in [4.69, 9.17) is 4.74 Å². The number of carbonyl (C=O) groups excluding carboxylic acids is 1. The van der Waals surface area contributed by atoms with E-state index >= 15 is 0 Å². The SMILES string of the molecule is O=C(CCn1cncn1)N(CC1CCN(C2CCCC2)CC1)C[C@@H]1CCCO1. The van der Waals surface area contributed by atoms with E-state index in [0.29, 0.717) is 18.9 Å². The fourth-order valence-electron chi connectivity index (χ4n) is 5.11. The molecule has 1 aromatic heterocycles. The molecule has 156 valence electrons. The summed E-state index contributed by atoms with van der Waals surface area (Å²) >= 11 is 0. The minimum atomic E-state index is 0.217. The molecule has 0 aromatic carbocycles. The summed E-state index contributed by atoms with van der Waals surface area (Å²) in [5, 5.41) is 4.12. The standard InChI is InChI=1S/C21H35N5O2/c27-21(9-12-26-17-22-16-23-26)25(15-20-6-3-13-28-20)14-18-7-10-24(11-8-18)19-4-1-2-5-19/h16-20H,1-15H2/t20-/m0/s1. The summed E-state index contributed by atoms with van der Waals surface area (Å²) in [6.45, 7) is 5.48. The van der Waals surface area contributed by atoms with Crippen LogP contribution in [0.5, 0.6) is 0 Å². The number of likely N-dealkylation sites (tertiary alicyclic amines) is 1. The van der Waals surface area contributed by atoms with Crippen molar-refractivity contribution in [1.29, 1.82) is 0 Å². The van der Waals surface area contributed by atoms with Gasteiger partial charge in [-0.25, -0.2) is 4.98 Å². The molecule has 0 spiro atoms. The van der Waals surface area contributed by atoms with Crippen LogP contribution in [-0.2, 0) is 16.1 Å². The van der Waals surface area contributed by atoms with Crippen molar-refractivity contribution in [2.24, 2.45) is 5.92 Å². The maximum atomic E-state index is 13.0. The van der Waals surface area contributed by atoms with Crippen LogP contribution in [0.2, 0.25) is 0 Å². The quantitative estimate of drug-likeness (QED) is 0.683. The van der Waals surface area contributed by atoms with Crippen LogP contribution in [0.15, 0.2) is 12.7 Å². The van der Waals surface area contributed by atoms with Crippen LogP contribution in [0.1, 0.15) is 57.8 Å². The van der Waals surface area contributed by atoms with E-state index in [1.54, 1.807) is 11.0 Å². The number of hydrogen-bond donors (Lipinski definition) is 0. The van der Waals surface area contributed by atoms with E-state index in [1.165, 1.54) is 57.9 Å². The highest BCUT2D eigenvalue weighted by atomic mass is 16.5. The van der Waals surface area contributed by atoms with Crippen molar-refractivity contribution in [3.05, 3.63) is 12.7 Å². The van der Waals surface area contributed by atoms with E-state index in [0.717, 1.165) is 38.6 Å². The molecule has 0 N–H and O–H groups in total. The summed E-state index contributed by atoms with van der Waals surface area (Å²) in [6.07, 6.45) is 14.1. The van der Waals surface area contributed by atoms with Gasteiger partial charge in [0.05, 0.1) is 12.6 Å². The van der Waals surface area contributed by atoms with Gasteiger partial charge in [0.2, 0.25) is 5.91 Å². The van der Waals surface area contributed by atoms with Gasteiger partial charge in [0.25, 0.3) is 0 Å². The summed E-state index contributed by atoms with van der Waals surface area (Å²) in [5.41, 5.74) is 0. The van der Waals surface area contributed by atoms with Crippen LogP contribution in [-0.4, -0.2) is 75.4 Å². The van der Waals surface area contributed by atoms with E-state index in [9.17, 15) is 4.79 Å². The average Bonchev–Trinajstić information content (AvgIpc) is 3.50. The van der Waals surface area contributed by atoms with Crippen molar-refractivity contribution >= 4 is 5.91 Å². The van der Waals surface area contributed by atoms with Crippen LogP contribution in [0.25, 0.3) is 0 Å². The third kappa shape index (κ3) is 5.32. The minimum Gasteiger partial charge on any atom is -0.376 e. The zero-order chi connectivity index (χ0) is 19.2. The Hall–Kier alpha value is -1.47. The Bertz CT molecular complexity index is 588. The molecule has 0 bridgehead atoms. The van der Waals surface area contributed by atoms with Crippen LogP contribution in [0.3, 0.4) is 0 Å². The number of ether oxygens (including phenoxy) is 1. The van der Waals surface area contributed by atoms with Crippen LogP contribution in [0, 0.1) is 5.92 Å². The van der Waals surface area contributed by atoms with Crippen molar-refractivity contribution in [2.75, 3.05) is 32.8 Å². The fourth-order valence-corrected chi connectivity index (χ4v) is 5.11. The lowest BCUT2D eigenvalue weighted by atomic mass is 9.94. The van der Waals surface area contributed by atoms with E-state index in [2.05, 4.69) is 19.9 Å². The molecule has 2 saturated heterocycles. The number of amides is 1. The van der Waals surface area contributed by atoms with Gasteiger partial charge in [-0.15, -0.1) is 0 Å². The van der Waals surface area contributed by atoms with E-state index in [-0.39, 0.29) is 12.0 Å². The molecular formula is C21H35N5O2. The Balaban J connectivity index is 1.28. The number of aromatic nitrogens is 3. The molecule has 7 nitrogen and oxygen atoms in total. The van der Waals surface area contributed by atoms with E-state index in [1.807, 2.05) is 0 Å². The monoisotopic (exact) mass is 389 g/mol. The highest BCUT2D eigenvalue weighted by Gasteiger charge is 2.30. The second kappa shape index (κ2) is 9.83. The van der Waals surface area contributed by atoms with Crippen molar-refractivity contribution < 1.29 is 9.53 Å². The van der Waals surface area contributed by atoms with Crippen molar-refractivity contribution in [3.63, 3.8) is 0 Å². The van der Waals surface area contributed by atoms with Gasteiger partial charge in [-0.1, -0.05) is 12.8 Å². The highest BCUT2D eigenvalue weighted by molar-refractivity contribution is 5.76. The molecule has 1 aromatic rings. The molecule has 28 heavy (non-hydrogen) atoms. The maximum Gasteiger partial charge on any atom is 0.224 e. The fraction of sp³-hybridized carbons (Fsp3) is 0.857. The zero-order valence-electron chi connectivity index (χ0n) is 17.0. The maximum absolute atomic E-state index is 13.0. The van der Waals surface area contributed by atoms with Gasteiger partial charge < -0.3 is 14.5 Å². The topological polar surface area (TPSA) is 63.5 Å². The lowest BCUT2D eigenvalue weighted by molar-refractivity contribution is -0.134. The smallest absolute Gasteiger partial charge is 0.224 e. The van der Waals surface area contributed by atoms with Gasteiger partial charge in [-0.05, 0) is 57.5 Å². The number of nitrogens with zero attached hydrogens (tertiary/aromatic N) is 5. The lowest BCUT2D eigenvalue weighted by Crippen LogP contribution is -2.45. The molecular weight excluding hydrogens is 354 g/mol. The summed E-state index contributed by atoms with van der Waals surface area (Å²) < 4.78 is 7.57. The van der Waals surface area contributed by atoms with Crippen molar-refractivity contribution in [3.8, 4) is 0 Å². The first kappa shape index (κ1) is 19.8. The van der Waals surface area contributed by atoms with Crippen LogP contribution >= 0.6 is 0 Å². The van der Waals surface area contributed by atoms with Gasteiger partial charge in [-0.3, -0.25) is 9.48 Å². The average molecular weight is 390 g/mol. The molecule has 3 aliphatic rings. The molecule has 0 unspecified atom stereocenters. The normalized spacial score (nSPS) is 24.8. The molecule has 0 radical (unpaired) electrons.